The van der Waals surface area contributed by atoms with Crippen LogP contribution in [0.1, 0.15) is 0 Å². The van der Waals surface area contributed by atoms with E-state index in [9.17, 15) is 0 Å². The minimum absolute atomic E-state index is 1.06. The lowest BCUT2D eigenvalue weighted by atomic mass is 10.3. The predicted molar refractivity (Wildman–Crippen MR) is 64.6 cm³/mol. The van der Waals surface area contributed by atoms with E-state index in [1.54, 1.807) is 23.1 Å². The van der Waals surface area contributed by atoms with Gasteiger partial charge >= 0.3 is 4.96 Å². The average Bonchev–Trinajstić information content (AvgIpc) is 2.66. The largest absolute Gasteiger partial charge is 0.389 e. The summed E-state index contributed by atoms with van der Waals surface area (Å²) in [7, 11) is 0. The molecule has 0 unspecified atom stereocenters. The summed E-state index contributed by atoms with van der Waals surface area (Å²) in [6.45, 7) is 0. The Bertz CT molecular complexity index is 631. The number of thiazole rings is 1. The average molecular weight is 233 g/mol. The summed E-state index contributed by atoms with van der Waals surface area (Å²) in [5, 5.41) is 1.07. The fraction of sp³-hybridized carbons (Fsp3) is 0.0909. The standard InChI is InChI=1S/C11H9N2S2/c1-14-10-6-7-13-8-4-2-3-5-9(8)15-11(13)12-10/h2-7H,1H3/q+1. The van der Waals surface area contributed by atoms with Crippen LogP contribution in [0.2, 0.25) is 0 Å². The van der Waals surface area contributed by atoms with Gasteiger partial charge < -0.3 is 0 Å². The lowest BCUT2D eigenvalue weighted by Crippen LogP contribution is -2.19. The van der Waals surface area contributed by atoms with Crippen molar-refractivity contribution in [2.24, 2.45) is 0 Å². The Morgan fingerprint density at radius 1 is 1.27 bits per heavy atom. The van der Waals surface area contributed by atoms with Crippen LogP contribution in [-0.2, 0) is 0 Å². The second-order valence-corrected chi connectivity index (χ2v) is 5.03. The highest BCUT2D eigenvalue weighted by molar-refractivity contribution is 7.98. The van der Waals surface area contributed by atoms with E-state index in [1.165, 1.54) is 10.2 Å². The van der Waals surface area contributed by atoms with Crippen LogP contribution in [0.4, 0.5) is 0 Å². The Balaban J connectivity index is 2.43. The van der Waals surface area contributed by atoms with E-state index in [0.29, 0.717) is 0 Å². The van der Waals surface area contributed by atoms with Crippen molar-refractivity contribution < 1.29 is 4.40 Å². The van der Waals surface area contributed by atoms with Crippen molar-refractivity contribution in [2.45, 2.75) is 5.03 Å². The van der Waals surface area contributed by atoms with Gasteiger partial charge in [-0.3, -0.25) is 0 Å². The van der Waals surface area contributed by atoms with Crippen molar-refractivity contribution in [3.05, 3.63) is 36.5 Å². The Morgan fingerprint density at radius 3 is 3.00 bits per heavy atom. The molecule has 0 bridgehead atoms. The fourth-order valence-electron chi connectivity index (χ4n) is 1.60. The first kappa shape index (κ1) is 9.12. The highest BCUT2D eigenvalue weighted by atomic mass is 32.2. The Labute approximate surface area is 95.6 Å². The van der Waals surface area contributed by atoms with Crippen LogP contribution in [-0.4, -0.2) is 11.2 Å². The topological polar surface area (TPSA) is 17.0 Å². The third-order valence-electron chi connectivity index (χ3n) is 2.31. The molecule has 0 atom stereocenters. The molecule has 4 heteroatoms. The molecule has 0 aliphatic heterocycles. The van der Waals surface area contributed by atoms with Gasteiger partial charge in [-0.1, -0.05) is 23.9 Å². The molecule has 74 valence electrons. The normalized spacial score (nSPS) is 11.3. The lowest BCUT2D eigenvalue weighted by molar-refractivity contribution is -0.480. The Hall–Kier alpha value is -1.13. The van der Waals surface area contributed by atoms with Crippen LogP contribution in [0, 0.1) is 0 Å². The smallest absolute Gasteiger partial charge is 0.185 e. The van der Waals surface area contributed by atoms with E-state index in [-0.39, 0.29) is 0 Å². The minimum atomic E-state index is 1.06. The number of nitrogens with zero attached hydrogens (tertiary/aromatic N) is 2. The van der Waals surface area contributed by atoms with Crippen LogP contribution in [0.15, 0.2) is 41.6 Å². The van der Waals surface area contributed by atoms with Crippen LogP contribution >= 0.6 is 23.1 Å². The van der Waals surface area contributed by atoms with Gasteiger partial charge in [0.2, 0.25) is 5.03 Å². The van der Waals surface area contributed by atoms with Crippen LogP contribution in [0.3, 0.4) is 0 Å². The molecule has 0 saturated carbocycles. The van der Waals surface area contributed by atoms with E-state index >= 15 is 0 Å². The highest BCUT2D eigenvalue weighted by Gasteiger charge is 2.13. The van der Waals surface area contributed by atoms with E-state index in [1.807, 2.05) is 6.26 Å². The zero-order valence-electron chi connectivity index (χ0n) is 8.18. The number of aromatic nitrogens is 2. The maximum atomic E-state index is 4.58. The number of para-hydroxylation sites is 1. The molecule has 3 aromatic rings. The number of thioether (sulfide) groups is 1. The van der Waals surface area contributed by atoms with Crippen molar-refractivity contribution in [1.82, 2.24) is 4.98 Å². The second kappa shape index (κ2) is 3.47. The van der Waals surface area contributed by atoms with E-state index in [2.05, 4.69) is 45.9 Å². The van der Waals surface area contributed by atoms with Crippen molar-refractivity contribution in [3.63, 3.8) is 0 Å². The van der Waals surface area contributed by atoms with E-state index < -0.39 is 0 Å². The minimum Gasteiger partial charge on any atom is -0.185 e. The predicted octanol–water partition coefficient (Wildman–Crippen LogP) is 2.76. The summed E-state index contributed by atoms with van der Waals surface area (Å²) in [6, 6.07) is 10.4. The number of fused-ring (bicyclic) bond motifs is 3. The van der Waals surface area contributed by atoms with Gasteiger partial charge in [0.15, 0.2) is 5.52 Å². The molecule has 3 rings (SSSR count). The van der Waals surface area contributed by atoms with Crippen LogP contribution in [0.5, 0.6) is 0 Å². The molecule has 0 aliphatic rings. The zero-order valence-corrected chi connectivity index (χ0v) is 9.81. The molecule has 2 nitrogen and oxygen atoms in total. The first-order chi connectivity index (χ1) is 7.38. The van der Waals surface area contributed by atoms with Crippen molar-refractivity contribution in [2.75, 3.05) is 6.26 Å². The fourth-order valence-corrected chi connectivity index (χ4v) is 3.05. The molecule has 1 aromatic carbocycles. The maximum Gasteiger partial charge on any atom is 0.389 e. The van der Waals surface area contributed by atoms with Gasteiger partial charge in [-0.05, 0) is 34.7 Å². The molecular formula is C11H9N2S2+. The second-order valence-electron chi connectivity index (χ2n) is 3.19. The van der Waals surface area contributed by atoms with Gasteiger partial charge in [-0.15, -0.1) is 0 Å². The first-order valence-electron chi connectivity index (χ1n) is 4.62. The Morgan fingerprint density at radius 2 is 2.13 bits per heavy atom. The van der Waals surface area contributed by atoms with E-state index in [0.717, 1.165) is 9.99 Å². The van der Waals surface area contributed by atoms with Gasteiger partial charge in [0.25, 0.3) is 0 Å². The molecule has 2 aromatic heterocycles. The quantitative estimate of drug-likeness (QED) is 0.365. The molecule has 15 heavy (non-hydrogen) atoms. The van der Waals surface area contributed by atoms with Crippen LogP contribution in [0.25, 0.3) is 15.2 Å². The molecule has 0 saturated heterocycles. The molecule has 0 N–H and O–H groups in total. The molecule has 0 radical (unpaired) electrons. The summed E-state index contributed by atoms with van der Waals surface area (Å²) in [5.41, 5.74) is 1.23. The highest BCUT2D eigenvalue weighted by Crippen LogP contribution is 2.21. The van der Waals surface area contributed by atoms with E-state index in [4.69, 9.17) is 0 Å². The van der Waals surface area contributed by atoms with Gasteiger partial charge in [0.05, 0.1) is 4.70 Å². The Kier molecular flexibility index (Phi) is 2.11. The van der Waals surface area contributed by atoms with Crippen molar-refractivity contribution in [1.29, 1.82) is 0 Å². The summed E-state index contributed by atoms with van der Waals surface area (Å²) < 4.78 is 3.42. The number of benzene rings is 1. The summed E-state index contributed by atoms with van der Waals surface area (Å²) in [4.78, 5) is 5.63. The molecule has 0 amide bonds. The van der Waals surface area contributed by atoms with Crippen LogP contribution < -0.4 is 4.40 Å². The molecular weight excluding hydrogens is 224 g/mol. The number of rotatable bonds is 1. The third kappa shape index (κ3) is 1.41. The van der Waals surface area contributed by atoms with Crippen molar-refractivity contribution in [3.8, 4) is 0 Å². The summed E-state index contributed by atoms with van der Waals surface area (Å²) in [6.07, 6.45) is 4.14. The number of hydrogen-bond acceptors (Lipinski definition) is 3. The maximum absolute atomic E-state index is 4.58. The first-order valence-corrected chi connectivity index (χ1v) is 6.66. The lowest BCUT2D eigenvalue weighted by Gasteiger charge is -1.87. The number of hydrogen-bond donors (Lipinski definition) is 0. The van der Waals surface area contributed by atoms with Crippen molar-refractivity contribution >= 4 is 38.3 Å². The van der Waals surface area contributed by atoms with Gasteiger partial charge in [-0.2, -0.15) is 4.40 Å². The zero-order chi connectivity index (χ0) is 10.3. The molecule has 0 aliphatic carbocycles. The SMILES string of the molecule is CSc1cc[n+]2c(n1)sc1ccccc12. The monoisotopic (exact) mass is 233 g/mol. The van der Waals surface area contributed by atoms with Gasteiger partial charge in [0, 0.05) is 6.07 Å². The third-order valence-corrected chi connectivity index (χ3v) is 3.99. The summed E-state index contributed by atoms with van der Waals surface area (Å²) >= 11 is 3.41. The summed E-state index contributed by atoms with van der Waals surface area (Å²) in [5.74, 6) is 0. The molecule has 0 spiro atoms. The van der Waals surface area contributed by atoms with Gasteiger partial charge in [0.1, 0.15) is 6.20 Å². The molecule has 0 fully saturated rings. The van der Waals surface area contributed by atoms with Gasteiger partial charge in [-0.25, -0.2) is 0 Å². The molecule has 2 heterocycles.